The molecule has 4 heterocycles. The number of hydrogen-bond acceptors (Lipinski definition) is 10. The van der Waals surface area contributed by atoms with E-state index < -0.39 is 29.2 Å². The zero-order valence-corrected chi connectivity index (χ0v) is 21.3. The molecule has 12 nitrogen and oxygen atoms in total. The van der Waals surface area contributed by atoms with Crippen LogP contribution >= 0.6 is 34.9 Å². The van der Waals surface area contributed by atoms with Crippen molar-refractivity contribution in [3.8, 4) is 0 Å². The van der Waals surface area contributed by atoms with Gasteiger partial charge in [0.25, 0.3) is 11.8 Å². The highest BCUT2D eigenvalue weighted by atomic mass is 32.2. The van der Waals surface area contributed by atoms with Gasteiger partial charge in [-0.1, -0.05) is 11.2 Å². The van der Waals surface area contributed by atoms with Crippen molar-refractivity contribution in [2.24, 2.45) is 5.16 Å². The largest absolute Gasteiger partial charge is 0.477 e. The van der Waals surface area contributed by atoms with Gasteiger partial charge in [-0.25, -0.2) is 14.3 Å². The van der Waals surface area contributed by atoms with E-state index in [-0.39, 0.29) is 28.2 Å². The van der Waals surface area contributed by atoms with Crippen LogP contribution in [-0.4, -0.2) is 74.3 Å². The molecule has 2 atom stereocenters. The average molecular weight is 550 g/mol. The highest BCUT2D eigenvalue weighted by Crippen LogP contribution is 2.40. The second kappa shape index (κ2) is 11.5. The number of pyridine rings is 1. The summed E-state index contributed by atoms with van der Waals surface area (Å²) in [7, 11) is 0. The number of nitrogens with one attached hydrogen (secondary N) is 2. The monoisotopic (exact) mass is 549 g/mol. The summed E-state index contributed by atoms with van der Waals surface area (Å²) in [6.45, 7) is 0.327. The molecule has 0 spiro atoms. The number of aromatic nitrogens is 2. The molecule has 2 aromatic rings. The van der Waals surface area contributed by atoms with Gasteiger partial charge in [0.2, 0.25) is 6.41 Å². The third kappa shape index (κ3) is 5.37. The zero-order chi connectivity index (χ0) is 25.7. The molecular weight excluding hydrogens is 528 g/mol. The number of thioether (sulfide) groups is 2. The lowest BCUT2D eigenvalue weighted by atomic mass is 10.0. The summed E-state index contributed by atoms with van der Waals surface area (Å²) >= 11 is 3.82. The molecule has 36 heavy (non-hydrogen) atoms. The number of rotatable bonds is 11. The minimum Gasteiger partial charge on any atom is -0.477 e. The fraction of sp³-hybridized carbons (Fsp3) is 0.286. The molecule has 0 radical (unpaired) electrons. The van der Waals surface area contributed by atoms with E-state index in [2.05, 4.69) is 20.8 Å². The van der Waals surface area contributed by atoms with Crippen LogP contribution in [0.3, 0.4) is 0 Å². The molecule has 15 heteroatoms. The Morgan fingerprint density at radius 1 is 1.39 bits per heavy atom. The van der Waals surface area contributed by atoms with E-state index in [1.165, 1.54) is 33.8 Å². The zero-order valence-electron chi connectivity index (χ0n) is 18.8. The standard InChI is InChI=1S/C21H20N6O6S3/c1-34-11-33-25-14(13-9-36-21(23-13)22-10-28)17(29)24-15-18(30)27-16(20(31)32)12(8-35-19(15)27)7-26-5-3-2-4-6-26/h2-6,9-10,15,19H,7-8,11H2,1H3,(H2-,22,23,24,28,29,31,32)/p+1/b25-14-/t15?,19-/m1/s1. The minimum absolute atomic E-state index is 0.0631. The Balaban J connectivity index is 1.52. The molecule has 2 aliphatic heterocycles. The number of carboxylic acids is 1. The first-order chi connectivity index (χ1) is 17.4. The number of β-lactam (4-membered cyclic amide) rings is 1. The summed E-state index contributed by atoms with van der Waals surface area (Å²) in [6, 6.07) is 4.58. The highest BCUT2D eigenvalue weighted by molar-refractivity contribution is 8.00. The molecule has 3 N–H and O–H groups in total. The lowest BCUT2D eigenvalue weighted by molar-refractivity contribution is -0.689. The van der Waals surface area contributed by atoms with Crippen LogP contribution in [-0.2, 0) is 30.6 Å². The van der Waals surface area contributed by atoms with Gasteiger partial charge < -0.3 is 20.6 Å². The maximum Gasteiger partial charge on any atom is 0.352 e. The first-order valence-electron chi connectivity index (χ1n) is 10.4. The summed E-state index contributed by atoms with van der Waals surface area (Å²) in [4.78, 5) is 59.4. The van der Waals surface area contributed by atoms with Crippen molar-refractivity contribution in [2.75, 3.05) is 23.3 Å². The molecular formula is C21H21N6O6S3+. The predicted octanol–water partition coefficient (Wildman–Crippen LogP) is 0.479. The number of anilines is 1. The number of oxime groups is 1. The van der Waals surface area contributed by atoms with Gasteiger partial charge in [0.05, 0.1) is 0 Å². The molecule has 2 aliphatic rings. The quantitative estimate of drug-likeness (QED) is 0.0691. The molecule has 0 aromatic carbocycles. The molecule has 0 bridgehead atoms. The Morgan fingerprint density at radius 3 is 2.86 bits per heavy atom. The van der Waals surface area contributed by atoms with Crippen LogP contribution in [0.5, 0.6) is 0 Å². The smallest absolute Gasteiger partial charge is 0.352 e. The highest BCUT2D eigenvalue weighted by Gasteiger charge is 2.54. The van der Waals surface area contributed by atoms with E-state index in [4.69, 9.17) is 4.84 Å². The van der Waals surface area contributed by atoms with E-state index in [1.54, 1.807) is 6.26 Å². The van der Waals surface area contributed by atoms with Gasteiger partial charge in [-0.3, -0.25) is 19.3 Å². The van der Waals surface area contributed by atoms with E-state index in [9.17, 15) is 24.3 Å². The Bertz CT molecular complexity index is 1230. The van der Waals surface area contributed by atoms with E-state index in [0.29, 0.717) is 24.3 Å². The van der Waals surface area contributed by atoms with Crippen LogP contribution in [0, 0.1) is 0 Å². The molecule has 2 aromatic heterocycles. The first kappa shape index (κ1) is 25.7. The predicted molar refractivity (Wildman–Crippen MR) is 134 cm³/mol. The number of carbonyl (C=O) groups is 4. The Hall–Kier alpha value is -3.43. The van der Waals surface area contributed by atoms with E-state index in [0.717, 1.165) is 11.3 Å². The second-order valence-electron chi connectivity index (χ2n) is 7.44. The van der Waals surface area contributed by atoms with Crippen LogP contribution in [0.2, 0.25) is 0 Å². The van der Waals surface area contributed by atoms with Crippen LogP contribution in [0.25, 0.3) is 0 Å². The number of carboxylic acid groups (broad SMARTS) is 1. The van der Waals surface area contributed by atoms with Crippen molar-refractivity contribution in [2.45, 2.75) is 18.0 Å². The van der Waals surface area contributed by atoms with Crippen molar-refractivity contribution in [3.05, 3.63) is 52.9 Å². The molecule has 4 rings (SSSR count). The maximum absolute atomic E-state index is 13.1. The molecule has 0 aliphatic carbocycles. The summed E-state index contributed by atoms with van der Waals surface area (Å²) in [5, 5.41) is 20.0. The molecule has 188 valence electrons. The van der Waals surface area contributed by atoms with Gasteiger partial charge in [-0.2, -0.15) is 0 Å². The SMILES string of the molecule is CSCO/N=C(\C(=O)NC1C(=O)N2C(C(=O)O)=C(C[n+]3ccccc3)CS[C@H]12)c1csc(NC=O)n1. The Labute approximate surface area is 217 Å². The fourth-order valence-corrected chi connectivity index (χ4v) is 5.77. The summed E-state index contributed by atoms with van der Waals surface area (Å²) in [6.07, 6.45) is 5.89. The minimum atomic E-state index is -1.20. The van der Waals surface area contributed by atoms with Crippen LogP contribution in [0.4, 0.5) is 5.13 Å². The lowest BCUT2D eigenvalue weighted by Gasteiger charge is -2.49. The van der Waals surface area contributed by atoms with Crippen molar-refractivity contribution >= 4 is 69.9 Å². The number of hydrogen-bond donors (Lipinski definition) is 3. The summed E-state index contributed by atoms with van der Waals surface area (Å²) in [5.41, 5.74) is 0.535. The van der Waals surface area contributed by atoms with Crippen LogP contribution in [0.1, 0.15) is 5.69 Å². The van der Waals surface area contributed by atoms with Crippen LogP contribution in [0.15, 0.2) is 52.4 Å². The topological polar surface area (TPSA) is 154 Å². The van der Waals surface area contributed by atoms with Crippen molar-refractivity contribution in [3.63, 3.8) is 0 Å². The van der Waals surface area contributed by atoms with Gasteiger partial charge in [-0.15, -0.1) is 34.9 Å². The number of thiazole rings is 1. The van der Waals surface area contributed by atoms with Crippen LogP contribution < -0.4 is 15.2 Å². The van der Waals surface area contributed by atoms with Crippen molar-refractivity contribution in [1.82, 2.24) is 15.2 Å². The van der Waals surface area contributed by atoms with Gasteiger partial charge in [0, 0.05) is 28.8 Å². The van der Waals surface area contributed by atoms with Gasteiger partial charge in [0.15, 0.2) is 35.7 Å². The second-order valence-corrected chi connectivity index (χ2v) is 10.2. The van der Waals surface area contributed by atoms with Gasteiger partial charge in [-0.05, 0) is 6.26 Å². The van der Waals surface area contributed by atoms with Crippen molar-refractivity contribution in [1.29, 1.82) is 0 Å². The van der Waals surface area contributed by atoms with E-state index >= 15 is 0 Å². The van der Waals surface area contributed by atoms with Gasteiger partial charge in [0.1, 0.15) is 22.8 Å². The van der Waals surface area contributed by atoms with Crippen molar-refractivity contribution < 1.29 is 33.7 Å². The molecule has 1 unspecified atom stereocenters. The number of nitrogens with zero attached hydrogens (tertiary/aromatic N) is 4. The summed E-state index contributed by atoms with van der Waals surface area (Å²) < 4.78 is 1.83. The van der Waals surface area contributed by atoms with E-state index in [1.807, 2.05) is 35.2 Å². The molecule has 1 fully saturated rings. The third-order valence-electron chi connectivity index (χ3n) is 5.16. The average Bonchev–Trinajstić information content (AvgIpc) is 3.33. The third-order valence-corrected chi connectivity index (χ3v) is 7.61. The Morgan fingerprint density at radius 2 is 2.17 bits per heavy atom. The normalized spacial score (nSPS) is 19.3. The molecule has 1 saturated heterocycles. The summed E-state index contributed by atoms with van der Waals surface area (Å²) in [5.74, 6) is -1.86. The Kier molecular flexibility index (Phi) is 8.22. The van der Waals surface area contributed by atoms with Gasteiger partial charge >= 0.3 is 5.97 Å². The maximum atomic E-state index is 13.1. The number of fused-ring (bicyclic) bond motifs is 1. The number of carbonyl (C=O) groups excluding carboxylic acids is 3. The lowest BCUT2D eigenvalue weighted by Crippen LogP contribution is -2.71. The number of aliphatic carboxylic acids is 1. The molecule has 0 saturated carbocycles. The number of amides is 3. The molecule has 3 amide bonds. The fourth-order valence-electron chi connectivity index (χ4n) is 3.62. The first-order valence-corrected chi connectivity index (χ1v) is 13.8.